The molecule has 1 aromatic rings. The number of nitrogens with two attached hydrogens (primary N) is 1. The predicted octanol–water partition coefficient (Wildman–Crippen LogP) is 1.72. The van der Waals surface area contributed by atoms with E-state index in [0.29, 0.717) is 18.3 Å². The van der Waals surface area contributed by atoms with Crippen molar-refractivity contribution in [1.29, 1.82) is 0 Å². The summed E-state index contributed by atoms with van der Waals surface area (Å²) in [7, 11) is 2.02. The average molecular weight is 250 g/mol. The van der Waals surface area contributed by atoms with Crippen LogP contribution in [-0.2, 0) is 4.74 Å². The van der Waals surface area contributed by atoms with Crippen LogP contribution >= 0.6 is 0 Å². The van der Waals surface area contributed by atoms with Gasteiger partial charge >= 0.3 is 0 Å². The lowest BCUT2D eigenvalue weighted by atomic mass is 10.2. The molecule has 0 radical (unpaired) electrons. The summed E-state index contributed by atoms with van der Waals surface area (Å²) in [6.45, 7) is 6.23. The van der Waals surface area contributed by atoms with Crippen molar-refractivity contribution in [2.75, 3.05) is 37.4 Å². The van der Waals surface area contributed by atoms with Crippen LogP contribution in [0.4, 0.5) is 11.6 Å². The monoisotopic (exact) mass is 250 g/mol. The third-order valence-corrected chi connectivity index (χ3v) is 3.25. The third kappa shape index (κ3) is 2.90. The Morgan fingerprint density at radius 2 is 2.11 bits per heavy atom. The molecule has 100 valence electrons. The number of hydrogen-bond acceptors (Lipinski definition) is 5. The number of nitrogen functional groups attached to an aromatic ring is 1. The van der Waals surface area contributed by atoms with E-state index in [1.54, 1.807) is 0 Å². The number of anilines is 2. The van der Waals surface area contributed by atoms with E-state index >= 15 is 0 Å². The lowest BCUT2D eigenvalue weighted by Gasteiger charge is -2.21. The SMILES string of the molecule is CCOCCN(C)c1nc(C2CC2)nc(N)c1C. The van der Waals surface area contributed by atoms with E-state index in [9.17, 15) is 0 Å². The first-order chi connectivity index (χ1) is 8.63. The number of likely N-dealkylation sites (N-methyl/N-ethyl adjacent to an activating group) is 1. The van der Waals surface area contributed by atoms with Crippen molar-refractivity contribution in [2.24, 2.45) is 0 Å². The second kappa shape index (κ2) is 5.52. The summed E-state index contributed by atoms with van der Waals surface area (Å²) in [5.74, 6) is 2.96. The predicted molar refractivity (Wildman–Crippen MR) is 72.9 cm³/mol. The fourth-order valence-corrected chi connectivity index (χ4v) is 1.89. The zero-order valence-electron chi connectivity index (χ0n) is 11.4. The summed E-state index contributed by atoms with van der Waals surface area (Å²) in [4.78, 5) is 11.1. The van der Waals surface area contributed by atoms with Crippen molar-refractivity contribution >= 4 is 11.6 Å². The molecule has 2 N–H and O–H groups in total. The molecule has 1 fully saturated rings. The first-order valence-electron chi connectivity index (χ1n) is 6.56. The van der Waals surface area contributed by atoms with Gasteiger partial charge in [0.25, 0.3) is 0 Å². The van der Waals surface area contributed by atoms with Gasteiger partial charge in [-0.1, -0.05) is 0 Å². The molecule has 1 saturated carbocycles. The van der Waals surface area contributed by atoms with Gasteiger partial charge < -0.3 is 15.4 Å². The van der Waals surface area contributed by atoms with Gasteiger partial charge in [-0.05, 0) is 26.7 Å². The molecular weight excluding hydrogens is 228 g/mol. The van der Waals surface area contributed by atoms with Crippen LogP contribution in [0.2, 0.25) is 0 Å². The molecule has 0 saturated heterocycles. The summed E-state index contributed by atoms with van der Waals surface area (Å²) >= 11 is 0. The Kier molecular flexibility index (Phi) is 4.01. The van der Waals surface area contributed by atoms with E-state index in [1.807, 2.05) is 20.9 Å². The molecular formula is C13H22N4O. The zero-order chi connectivity index (χ0) is 13.1. The van der Waals surface area contributed by atoms with Gasteiger partial charge in [0, 0.05) is 31.7 Å². The van der Waals surface area contributed by atoms with E-state index in [2.05, 4.69) is 14.9 Å². The first-order valence-corrected chi connectivity index (χ1v) is 6.56. The van der Waals surface area contributed by atoms with Crippen LogP contribution in [0.25, 0.3) is 0 Å². The molecule has 0 atom stereocenters. The summed E-state index contributed by atoms with van der Waals surface area (Å²) in [5, 5.41) is 0. The molecule has 18 heavy (non-hydrogen) atoms. The maximum Gasteiger partial charge on any atom is 0.137 e. The maximum absolute atomic E-state index is 5.97. The minimum Gasteiger partial charge on any atom is -0.383 e. The highest BCUT2D eigenvalue weighted by molar-refractivity contribution is 5.56. The molecule has 5 heteroatoms. The van der Waals surface area contributed by atoms with Gasteiger partial charge in [0.1, 0.15) is 17.5 Å². The van der Waals surface area contributed by atoms with Crippen LogP contribution in [0.15, 0.2) is 0 Å². The highest BCUT2D eigenvalue weighted by atomic mass is 16.5. The van der Waals surface area contributed by atoms with Crippen molar-refractivity contribution in [1.82, 2.24) is 9.97 Å². The van der Waals surface area contributed by atoms with Gasteiger partial charge in [0.15, 0.2) is 0 Å². The van der Waals surface area contributed by atoms with Crippen molar-refractivity contribution in [3.8, 4) is 0 Å². The molecule has 0 amide bonds. The Morgan fingerprint density at radius 1 is 1.39 bits per heavy atom. The quantitative estimate of drug-likeness (QED) is 0.779. The topological polar surface area (TPSA) is 64.3 Å². The fourth-order valence-electron chi connectivity index (χ4n) is 1.89. The lowest BCUT2D eigenvalue weighted by Crippen LogP contribution is -2.25. The molecule has 5 nitrogen and oxygen atoms in total. The maximum atomic E-state index is 5.97. The Bertz CT molecular complexity index is 418. The van der Waals surface area contributed by atoms with Gasteiger partial charge in [-0.3, -0.25) is 0 Å². The van der Waals surface area contributed by atoms with Crippen LogP contribution in [0.3, 0.4) is 0 Å². The molecule has 0 bridgehead atoms. The van der Waals surface area contributed by atoms with Crippen LogP contribution in [0, 0.1) is 6.92 Å². The van der Waals surface area contributed by atoms with Crippen LogP contribution in [0.1, 0.15) is 37.1 Å². The lowest BCUT2D eigenvalue weighted by molar-refractivity contribution is 0.154. The molecule has 1 aliphatic rings. The van der Waals surface area contributed by atoms with Crippen molar-refractivity contribution < 1.29 is 4.74 Å². The van der Waals surface area contributed by atoms with E-state index in [0.717, 1.165) is 30.4 Å². The van der Waals surface area contributed by atoms with Crippen molar-refractivity contribution in [3.05, 3.63) is 11.4 Å². The van der Waals surface area contributed by atoms with E-state index in [1.165, 1.54) is 12.8 Å². The summed E-state index contributed by atoms with van der Waals surface area (Å²) < 4.78 is 5.37. The zero-order valence-corrected chi connectivity index (χ0v) is 11.4. The fraction of sp³-hybridized carbons (Fsp3) is 0.692. The van der Waals surface area contributed by atoms with E-state index in [4.69, 9.17) is 10.5 Å². The van der Waals surface area contributed by atoms with Crippen LogP contribution in [0.5, 0.6) is 0 Å². The van der Waals surface area contributed by atoms with Crippen LogP contribution < -0.4 is 10.6 Å². The number of rotatable bonds is 6. The molecule has 1 heterocycles. The van der Waals surface area contributed by atoms with Crippen molar-refractivity contribution in [3.63, 3.8) is 0 Å². The number of hydrogen-bond donors (Lipinski definition) is 1. The second-order valence-electron chi connectivity index (χ2n) is 4.81. The number of ether oxygens (including phenoxy) is 1. The van der Waals surface area contributed by atoms with Gasteiger partial charge in [-0.25, -0.2) is 9.97 Å². The molecule has 1 aromatic heterocycles. The molecule has 0 unspecified atom stereocenters. The molecule has 0 spiro atoms. The Morgan fingerprint density at radius 3 is 2.72 bits per heavy atom. The number of aromatic nitrogens is 2. The minimum atomic E-state index is 0.520. The van der Waals surface area contributed by atoms with Gasteiger partial charge in [-0.2, -0.15) is 0 Å². The average Bonchev–Trinajstić information content (AvgIpc) is 3.16. The second-order valence-corrected chi connectivity index (χ2v) is 4.81. The Balaban J connectivity index is 2.14. The smallest absolute Gasteiger partial charge is 0.137 e. The number of nitrogens with zero attached hydrogens (tertiary/aromatic N) is 3. The van der Waals surface area contributed by atoms with Crippen LogP contribution in [-0.4, -0.2) is 36.8 Å². The summed E-state index contributed by atoms with van der Waals surface area (Å²) in [6.07, 6.45) is 2.37. The molecule has 0 aromatic carbocycles. The summed E-state index contributed by atoms with van der Waals surface area (Å²) in [6, 6.07) is 0. The largest absolute Gasteiger partial charge is 0.383 e. The van der Waals surface area contributed by atoms with Crippen molar-refractivity contribution in [2.45, 2.75) is 32.6 Å². The normalized spacial score (nSPS) is 14.8. The first kappa shape index (κ1) is 13.1. The third-order valence-electron chi connectivity index (χ3n) is 3.25. The standard InChI is InChI=1S/C13H22N4O/c1-4-18-8-7-17(3)13-9(2)11(14)15-12(16-13)10-5-6-10/h10H,4-8H2,1-3H3,(H2,14,15,16). The molecule has 2 rings (SSSR count). The molecule has 0 aliphatic heterocycles. The molecule has 1 aliphatic carbocycles. The summed E-state index contributed by atoms with van der Waals surface area (Å²) in [5.41, 5.74) is 6.93. The van der Waals surface area contributed by atoms with Gasteiger partial charge in [0.05, 0.1) is 6.61 Å². The van der Waals surface area contributed by atoms with Gasteiger partial charge in [-0.15, -0.1) is 0 Å². The van der Waals surface area contributed by atoms with E-state index < -0.39 is 0 Å². The Labute approximate surface area is 108 Å². The highest BCUT2D eigenvalue weighted by Gasteiger charge is 2.28. The Hall–Kier alpha value is -1.36. The highest BCUT2D eigenvalue weighted by Crippen LogP contribution is 2.39. The minimum absolute atomic E-state index is 0.520. The van der Waals surface area contributed by atoms with E-state index in [-0.39, 0.29) is 0 Å². The van der Waals surface area contributed by atoms with Gasteiger partial charge in [0.2, 0.25) is 0 Å².